The molecule has 538 valence electrons. The van der Waals surface area contributed by atoms with Crippen LogP contribution in [0.3, 0.4) is 0 Å². The Morgan fingerprint density at radius 3 is 0.914 bits per heavy atom. The monoisotopic (exact) mass is 1300 g/mol. The second-order valence-corrected chi connectivity index (χ2v) is 27.6. The van der Waals surface area contributed by atoms with Crippen LogP contribution in [0.4, 0.5) is 0 Å². The van der Waals surface area contributed by atoms with Gasteiger partial charge < -0.3 is 33.3 Å². The molecular weight excluding hydrogens is 1150 g/mol. The van der Waals surface area contributed by atoms with E-state index in [4.69, 9.17) is 18.9 Å². The molecule has 2 atom stereocenters. The number of esters is 2. The van der Waals surface area contributed by atoms with E-state index in [-0.39, 0.29) is 32.2 Å². The van der Waals surface area contributed by atoms with Crippen molar-refractivity contribution in [2.24, 2.45) is 0 Å². The van der Waals surface area contributed by atoms with Crippen molar-refractivity contribution in [3.8, 4) is 0 Å². The van der Waals surface area contributed by atoms with Gasteiger partial charge in [0.05, 0.1) is 40.3 Å². The Kier molecular flexibility index (Phi) is 71.0. The van der Waals surface area contributed by atoms with Crippen LogP contribution < -0.4 is 5.11 Å². The highest BCUT2D eigenvalue weighted by atomic mass is 16.7. The van der Waals surface area contributed by atoms with Crippen molar-refractivity contribution in [3.63, 3.8) is 0 Å². The first-order valence-electron chi connectivity index (χ1n) is 39.4. The van der Waals surface area contributed by atoms with E-state index in [0.29, 0.717) is 23.9 Å². The minimum absolute atomic E-state index is 0.146. The molecule has 9 heteroatoms. The van der Waals surface area contributed by atoms with Gasteiger partial charge in [0.1, 0.15) is 13.2 Å². The third-order valence-corrected chi connectivity index (χ3v) is 17.3. The molecule has 0 saturated carbocycles. The van der Waals surface area contributed by atoms with Crippen molar-refractivity contribution < 1.29 is 42.9 Å². The van der Waals surface area contributed by atoms with E-state index in [9.17, 15) is 19.5 Å². The summed E-state index contributed by atoms with van der Waals surface area (Å²) in [4.78, 5) is 37.6. The Bertz CT molecular complexity index is 1850. The molecule has 0 aromatic heterocycles. The number of ether oxygens (including phenoxy) is 4. The normalized spacial score (nSPS) is 13.2. The average Bonchev–Trinajstić information content (AvgIpc) is 3.38. The molecule has 0 spiro atoms. The molecule has 0 heterocycles. The van der Waals surface area contributed by atoms with Gasteiger partial charge in [0.2, 0.25) is 0 Å². The van der Waals surface area contributed by atoms with Crippen LogP contribution in [0.15, 0.2) is 97.2 Å². The molecule has 0 aliphatic carbocycles. The summed E-state index contributed by atoms with van der Waals surface area (Å²) in [7, 11) is 5.94. The van der Waals surface area contributed by atoms with Gasteiger partial charge in [-0.15, -0.1) is 0 Å². The van der Waals surface area contributed by atoms with Crippen molar-refractivity contribution in [1.29, 1.82) is 0 Å². The van der Waals surface area contributed by atoms with Gasteiger partial charge in [-0.05, 0) is 96.3 Å². The van der Waals surface area contributed by atoms with Crippen molar-refractivity contribution in [1.82, 2.24) is 0 Å². The SMILES string of the molecule is CC/C=C\C/C=C\C/C=C\C/C=C\C/C=C\C/C=C\CCCCCCCCCCCCCCC(=O)OC(COC(=O)CCCCCCCCCCCCCCCCCCCCCCCCCCC/C=C\C/C=C\CCCCCCC)COC(OCC[N+](C)(C)C)C(=O)[O-]. The summed E-state index contributed by atoms with van der Waals surface area (Å²) in [6.07, 6.45) is 99.5. The maximum absolute atomic E-state index is 13.0. The molecule has 0 bridgehead atoms. The van der Waals surface area contributed by atoms with Gasteiger partial charge >= 0.3 is 11.9 Å². The number of nitrogens with zero attached hydrogens (tertiary/aromatic N) is 1. The van der Waals surface area contributed by atoms with Gasteiger partial charge in [0.15, 0.2) is 12.4 Å². The number of carboxylic acids is 1. The van der Waals surface area contributed by atoms with Crippen LogP contribution in [0.5, 0.6) is 0 Å². The lowest BCUT2D eigenvalue weighted by Crippen LogP contribution is -2.44. The third-order valence-electron chi connectivity index (χ3n) is 17.3. The van der Waals surface area contributed by atoms with E-state index in [0.717, 1.165) is 83.5 Å². The number of carbonyl (C=O) groups is 3. The summed E-state index contributed by atoms with van der Waals surface area (Å²) in [6.45, 7) is 4.66. The number of likely N-dealkylation sites (N-methyl/N-ethyl adjacent to an activating group) is 1. The number of aliphatic carboxylic acids is 1. The number of hydrogen-bond acceptors (Lipinski definition) is 8. The predicted octanol–water partition coefficient (Wildman–Crippen LogP) is 23.8. The number of carbonyl (C=O) groups excluding carboxylic acids is 3. The largest absolute Gasteiger partial charge is 0.545 e. The highest BCUT2D eigenvalue weighted by Gasteiger charge is 2.22. The van der Waals surface area contributed by atoms with E-state index < -0.39 is 24.3 Å². The summed E-state index contributed by atoms with van der Waals surface area (Å²) < 4.78 is 22.9. The molecule has 0 saturated heterocycles. The van der Waals surface area contributed by atoms with Gasteiger partial charge in [-0.1, -0.05) is 349 Å². The van der Waals surface area contributed by atoms with Gasteiger partial charge in [0, 0.05) is 12.8 Å². The fourth-order valence-electron chi connectivity index (χ4n) is 11.3. The number of quaternary nitrogens is 1. The first-order valence-corrected chi connectivity index (χ1v) is 39.4. The van der Waals surface area contributed by atoms with Crippen LogP contribution >= 0.6 is 0 Å². The second kappa shape index (κ2) is 74.0. The number of allylic oxidation sites excluding steroid dienone is 16. The van der Waals surface area contributed by atoms with Crippen molar-refractivity contribution in [2.75, 3.05) is 47.5 Å². The molecule has 93 heavy (non-hydrogen) atoms. The minimum atomic E-state index is -1.63. The van der Waals surface area contributed by atoms with Crippen molar-refractivity contribution in [3.05, 3.63) is 97.2 Å². The number of carboxylic acid groups (broad SMARTS) is 1. The molecule has 0 amide bonds. The van der Waals surface area contributed by atoms with Crippen LogP contribution in [-0.2, 0) is 33.3 Å². The average molecular weight is 1300 g/mol. The van der Waals surface area contributed by atoms with Crippen LogP contribution in [0.2, 0.25) is 0 Å². The van der Waals surface area contributed by atoms with Gasteiger partial charge in [-0.2, -0.15) is 0 Å². The van der Waals surface area contributed by atoms with Crippen LogP contribution in [0, 0.1) is 0 Å². The first kappa shape index (κ1) is 89.2. The molecule has 0 aliphatic heterocycles. The second-order valence-electron chi connectivity index (χ2n) is 27.6. The lowest BCUT2D eigenvalue weighted by atomic mass is 10.0. The highest BCUT2D eigenvalue weighted by molar-refractivity contribution is 5.70. The smallest absolute Gasteiger partial charge is 0.306 e. The zero-order valence-corrected chi connectivity index (χ0v) is 61.6. The minimum Gasteiger partial charge on any atom is -0.545 e. The number of hydrogen-bond donors (Lipinski definition) is 0. The molecule has 9 nitrogen and oxygen atoms in total. The molecule has 0 aromatic rings. The van der Waals surface area contributed by atoms with Gasteiger partial charge in [-0.3, -0.25) is 9.59 Å². The molecule has 0 aromatic carbocycles. The lowest BCUT2D eigenvalue weighted by Gasteiger charge is -2.26. The topological polar surface area (TPSA) is 111 Å². The molecule has 0 radical (unpaired) electrons. The summed E-state index contributed by atoms with van der Waals surface area (Å²) in [5.74, 6) is -2.27. The Labute approximate surface area is 575 Å². The number of unbranched alkanes of at least 4 members (excludes halogenated alkanes) is 42. The molecule has 0 rings (SSSR count). The summed E-state index contributed by atoms with van der Waals surface area (Å²) >= 11 is 0. The summed E-state index contributed by atoms with van der Waals surface area (Å²) in [5, 5.41) is 11.9. The van der Waals surface area contributed by atoms with Crippen LogP contribution in [0.1, 0.15) is 361 Å². The lowest BCUT2D eigenvalue weighted by molar-refractivity contribution is -0.870. The number of rotatable bonds is 73. The van der Waals surface area contributed by atoms with Gasteiger partial charge in [-0.25, -0.2) is 0 Å². The van der Waals surface area contributed by atoms with E-state index in [1.54, 1.807) is 0 Å². The third kappa shape index (κ3) is 75.5. The fourth-order valence-corrected chi connectivity index (χ4v) is 11.3. The van der Waals surface area contributed by atoms with Crippen molar-refractivity contribution in [2.45, 2.75) is 373 Å². The standard InChI is InChI=1S/C84H149NO8/c1-6-8-10-12-14-16-18-20-22-24-26-28-30-32-34-36-38-39-40-41-42-43-45-46-48-50-52-54-56-58-60-62-64-66-68-70-72-74-81(86)91-78-80(79-92-84(83(88)89)90-77-76-85(3,4)5)93-82(87)75-73-71-69-67-65-63-61-59-57-55-53-51-49-47-44-37-35-33-31-29-27-25-23-21-19-17-15-13-11-9-7-2/h9,11,15,17-18,20-21,23-24,26-27,29,33,35,44,47,80,84H,6-8,10,12-14,16,19,22,25,28,30-32,34,36-43,45-46,48-79H2,1-5H3/b11-9-,17-15-,20-18-,23-21-,26-24-,29-27-,35-33-,47-44-. The quantitative estimate of drug-likeness (QED) is 0.0195. The predicted molar refractivity (Wildman–Crippen MR) is 398 cm³/mol. The maximum Gasteiger partial charge on any atom is 0.306 e. The zero-order chi connectivity index (χ0) is 67.5. The first-order chi connectivity index (χ1) is 45.6. The Morgan fingerprint density at radius 2 is 0.613 bits per heavy atom. The highest BCUT2D eigenvalue weighted by Crippen LogP contribution is 2.19. The van der Waals surface area contributed by atoms with E-state index in [2.05, 4.69) is 111 Å². The maximum atomic E-state index is 13.0. The summed E-state index contributed by atoms with van der Waals surface area (Å²) in [6, 6.07) is 0. The van der Waals surface area contributed by atoms with Crippen LogP contribution in [0.25, 0.3) is 0 Å². The Morgan fingerprint density at radius 1 is 0.333 bits per heavy atom. The summed E-state index contributed by atoms with van der Waals surface area (Å²) in [5.41, 5.74) is 0. The molecule has 0 N–H and O–H groups in total. The molecule has 0 aliphatic rings. The zero-order valence-electron chi connectivity index (χ0n) is 61.6. The molecule has 0 fully saturated rings. The Hall–Kier alpha value is -3.79. The van der Waals surface area contributed by atoms with Gasteiger partial charge in [0.25, 0.3) is 0 Å². The van der Waals surface area contributed by atoms with Crippen LogP contribution in [-0.4, -0.2) is 82.3 Å². The molecule has 2 unspecified atom stereocenters. The van der Waals surface area contributed by atoms with E-state index in [1.165, 1.54) is 244 Å². The van der Waals surface area contributed by atoms with E-state index in [1.807, 2.05) is 21.1 Å². The van der Waals surface area contributed by atoms with E-state index >= 15 is 0 Å². The molecular formula is C84H149NO8. The Balaban J connectivity index is 4.01. The fraction of sp³-hybridized carbons (Fsp3) is 0.774. The van der Waals surface area contributed by atoms with Crippen molar-refractivity contribution >= 4 is 17.9 Å².